The van der Waals surface area contributed by atoms with Gasteiger partial charge in [-0.3, -0.25) is 24.0 Å². The Kier molecular flexibility index (Phi) is 9.75. The maximum Gasteiger partial charge on any atom is 0.217 e. The Morgan fingerprint density at radius 1 is 0.773 bits per heavy atom. The molecule has 7 nitrogen and oxygen atoms in total. The fourth-order valence-electron chi connectivity index (χ4n) is 1.39. The van der Waals surface area contributed by atoms with E-state index in [1.54, 1.807) is 0 Å². The summed E-state index contributed by atoms with van der Waals surface area (Å²) < 4.78 is 0. The highest BCUT2D eigenvalue weighted by Gasteiger charge is 2.24. The summed E-state index contributed by atoms with van der Waals surface area (Å²) in [6.07, 6.45) is 0. The predicted molar refractivity (Wildman–Crippen MR) is 86.5 cm³/mol. The highest BCUT2D eigenvalue weighted by Crippen LogP contribution is 2.13. The first-order chi connectivity index (χ1) is 10.1. The first kappa shape index (κ1) is 20.6. The molecular weight excluding hydrogens is 328 g/mol. The molecule has 0 heterocycles. The molecule has 0 aliphatic carbocycles. The number of rotatable bonds is 8. The SMILES string of the molecule is CC(=O)NC(CSC(=O)C(CSC(C)=O)NC(C)=O)C(C)=O. The van der Waals surface area contributed by atoms with Crippen molar-refractivity contribution in [3.63, 3.8) is 0 Å². The molecule has 0 saturated carbocycles. The molecule has 0 saturated heterocycles. The Hall–Kier alpha value is -1.35. The number of carbonyl (C=O) groups excluding carboxylic acids is 5. The smallest absolute Gasteiger partial charge is 0.217 e. The number of hydrogen-bond donors (Lipinski definition) is 2. The number of thioether (sulfide) groups is 2. The van der Waals surface area contributed by atoms with Crippen molar-refractivity contribution in [2.24, 2.45) is 0 Å². The minimum Gasteiger partial charge on any atom is -0.346 e. The van der Waals surface area contributed by atoms with Gasteiger partial charge in [0, 0.05) is 32.3 Å². The average molecular weight is 348 g/mol. The Labute approximate surface area is 137 Å². The molecular formula is C13H20N2O5S2. The van der Waals surface area contributed by atoms with E-state index in [2.05, 4.69) is 10.6 Å². The summed E-state index contributed by atoms with van der Waals surface area (Å²) >= 11 is 1.78. The Balaban J connectivity index is 4.64. The quantitative estimate of drug-likeness (QED) is 0.641. The van der Waals surface area contributed by atoms with Crippen molar-refractivity contribution in [1.29, 1.82) is 0 Å². The van der Waals surface area contributed by atoms with E-state index in [9.17, 15) is 24.0 Å². The molecule has 2 unspecified atom stereocenters. The Bertz CT molecular complexity index is 467. The average Bonchev–Trinajstić information content (AvgIpc) is 2.37. The van der Waals surface area contributed by atoms with Crippen LogP contribution in [0.3, 0.4) is 0 Å². The second-order valence-corrected chi connectivity index (χ2v) is 6.77. The molecule has 0 rings (SSSR count). The number of amides is 2. The number of ketones is 1. The number of Topliss-reactive ketones (excluding diaryl/α,β-unsaturated/α-hetero) is 1. The van der Waals surface area contributed by atoms with E-state index in [0.29, 0.717) is 0 Å². The standard InChI is InChI=1S/C13H20N2O5S2/c1-7(16)11(14-8(2)17)5-22-13(20)12(15-9(3)18)6-21-10(4)19/h11-12H,5-6H2,1-4H3,(H,14,17)(H,15,18). The van der Waals surface area contributed by atoms with Crippen LogP contribution < -0.4 is 10.6 Å². The third-order valence-electron chi connectivity index (χ3n) is 2.38. The van der Waals surface area contributed by atoms with Gasteiger partial charge in [-0.05, 0) is 6.92 Å². The van der Waals surface area contributed by atoms with Crippen LogP contribution >= 0.6 is 23.5 Å². The third kappa shape index (κ3) is 9.56. The lowest BCUT2D eigenvalue weighted by Crippen LogP contribution is -2.43. The van der Waals surface area contributed by atoms with Crippen LogP contribution in [-0.4, -0.2) is 51.4 Å². The summed E-state index contributed by atoms with van der Waals surface area (Å²) in [6, 6.07) is -1.58. The molecule has 2 atom stereocenters. The molecule has 0 aliphatic rings. The van der Waals surface area contributed by atoms with Crippen LogP contribution in [0.2, 0.25) is 0 Å². The fraction of sp³-hybridized carbons (Fsp3) is 0.615. The second kappa shape index (κ2) is 10.4. The molecule has 0 aromatic heterocycles. The molecule has 0 fully saturated rings. The van der Waals surface area contributed by atoms with E-state index in [1.807, 2.05) is 0 Å². The van der Waals surface area contributed by atoms with Gasteiger partial charge in [0.05, 0.1) is 6.04 Å². The van der Waals surface area contributed by atoms with Crippen molar-refractivity contribution >= 4 is 51.4 Å². The van der Waals surface area contributed by atoms with Crippen molar-refractivity contribution in [2.75, 3.05) is 11.5 Å². The Morgan fingerprint density at radius 3 is 1.64 bits per heavy atom. The van der Waals surface area contributed by atoms with E-state index in [0.717, 1.165) is 23.5 Å². The molecule has 124 valence electrons. The summed E-state index contributed by atoms with van der Waals surface area (Å²) in [4.78, 5) is 56.6. The van der Waals surface area contributed by atoms with Gasteiger partial charge in [-0.25, -0.2) is 0 Å². The summed E-state index contributed by atoms with van der Waals surface area (Å²) in [5.74, 6) is -0.795. The van der Waals surface area contributed by atoms with Crippen molar-refractivity contribution < 1.29 is 24.0 Å². The zero-order chi connectivity index (χ0) is 17.3. The van der Waals surface area contributed by atoms with Gasteiger partial charge in [0.2, 0.25) is 16.9 Å². The zero-order valence-corrected chi connectivity index (χ0v) is 14.6. The lowest BCUT2D eigenvalue weighted by Gasteiger charge is -2.18. The third-order valence-corrected chi connectivity index (χ3v) is 4.35. The predicted octanol–water partition coefficient (Wildman–Crippen LogP) is 0.124. The van der Waals surface area contributed by atoms with Crippen LogP contribution in [0.5, 0.6) is 0 Å². The van der Waals surface area contributed by atoms with E-state index in [4.69, 9.17) is 0 Å². The molecule has 0 spiro atoms. The molecule has 2 N–H and O–H groups in total. The van der Waals surface area contributed by atoms with Gasteiger partial charge in [-0.2, -0.15) is 0 Å². The lowest BCUT2D eigenvalue weighted by molar-refractivity contribution is -0.125. The first-order valence-electron chi connectivity index (χ1n) is 6.48. The molecule has 0 bridgehead atoms. The van der Waals surface area contributed by atoms with Crippen molar-refractivity contribution in [3.05, 3.63) is 0 Å². The van der Waals surface area contributed by atoms with E-state index < -0.39 is 12.1 Å². The van der Waals surface area contributed by atoms with Gasteiger partial charge in [0.15, 0.2) is 10.9 Å². The van der Waals surface area contributed by atoms with Gasteiger partial charge in [-0.15, -0.1) is 0 Å². The molecule has 0 radical (unpaired) electrons. The van der Waals surface area contributed by atoms with Crippen molar-refractivity contribution in [3.8, 4) is 0 Å². The summed E-state index contributed by atoms with van der Waals surface area (Å²) in [6.45, 7) is 5.25. The van der Waals surface area contributed by atoms with Crippen LogP contribution in [-0.2, 0) is 24.0 Å². The minimum atomic E-state index is -0.818. The monoisotopic (exact) mass is 348 g/mol. The summed E-state index contributed by atoms with van der Waals surface area (Å²) in [7, 11) is 0. The summed E-state index contributed by atoms with van der Waals surface area (Å²) in [5.41, 5.74) is 0. The second-order valence-electron chi connectivity index (χ2n) is 4.55. The van der Waals surface area contributed by atoms with Gasteiger partial charge in [-0.1, -0.05) is 23.5 Å². The van der Waals surface area contributed by atoms with Gasteiger partial charge in [0.25, 0.3) is 0 Å². The van der Waals surface area contributed by atoms with Crippen LogP contribution in [0.1, 0.15) is 27.7 Å². The number of carbonyl (C=O) groups is 5. The topological polar surface area (TPSA) is 109 Å². The molecule has 9 heteroatoms. The largest absolute Gasteiger partial charge is 0.346 e. The van der Waals surface area contributed by atoms with Crippen LogP contribution in [0, 0.1) is 0 Å². The van der Waals surface area contributed by atoms with Gasteiger partial charge < -0.3 is 10.6 Å². The minimum absolute atomic E-state index is 0.0779. The maximum absolute atomic E-state index is 12.1. The van der Waals surface area contributed by atoms with Crippen molar-refractivity contribution in [1.82, 2.24) is 10.6 Å². The van der Waals surface area contributed by atoms with Crippen LogP contribution in [0.25, 0.3) is 0 Å². The summed E-state index contributed by atoms with van der Waals surface area (Å²) in [5, 5.41) is 4.41. The van der Waals surface area contributed by atoms with Crippen LogP contribution in [0.4, 0.5) is 0 Å². The number of nitrogens with one attached hydrogen (secondary N) is 2. The van der Waals surface area contributed by atoms with Gasteiger partial charge >= 0.3 is 0 Å². The molecule has 0 aliphatic heterocycles. The normalized spacial score (nSPS) is 12.9. The molecule has 0 aromatic carbocycles. The molecule has 0 aromatic rings. The van der Waals surface area contributed by atoms with E-state index in [-0.39, 0.29) is 39.3 Å². The zero-order valence-electron chi connectivity index (χ0n) is 12.9. The lowest BCUT2D eigenvalue weighted by atomic mass is 10.2. The van der Waals surface area contributed by atoms with E-state index >= 15 is 0 Å². The highest BCUT2D eigenvalue weighted by molar-refractivity contribution is 8.15. The number of hydrogen-bond acceptors (Lipinski definition) is 7. The van der Waals surface area contributed by atoms with Crippen molar-refractivity contribution in [2.45, 2.75) is 39.8 Å². The van der Waals surface area contributed by atoms with Gasteiger partial charge in [0.1, 0.15) is 6.04 Å². The fourth-order valence-corrected chi connectivity index (χ4v) is 3.12. The Morgan fingerprint density at radius 2 is 1.23 bits per heavy atom. The first-order valence-corrected chi connectivity index (χ1v) is 8.45. The van der Waals surface area contributed by atoms with E-state index in [1.165, 1.54) is 27.7 Å². The molecule has 22 heavy (non-hydrogen) atoms. The highest BCUT2D eigenvalue weighted by atomic mass is 32.2. The van der Waals surface area contributed by atoms with Crippen LogP contribution in [0.15, 0.2) is 0 Å². The maximum atomic E-state index is 12.1. The molecule has 2 amide bonds.